The Hall–Kier alpha value is -1.06. The summed E-state index contributed by atoms with van der Waals surface area (Å²) in [6, 6.07) is 0.991. The van der Waals surface area contributed by atoms with Crippen LogP contribution in [0.1, 0.15) is 26.3 Å². The first kappa shape index (κ1) is 6.64. The van der Waals surface area contributed by atoms with E-state index in [1.165, 1.54) is 0 Å². The van der Waals surface area contributed by atoms with Gasteiger partial charge in [-0.3, -0.25) is 0 Å². The maximum Gasteiger partial charge on any atom is 0.221 e. The number of fused-ring (bicyclic) bond motifs is 1. The minimum atomic E-state index is 0.476. The normalized spacial score (nSPS) is 29.3. The van der Waals surface area contributed by atoms with Gasteiger partial charge in [-0.2, -0.15) is 10.1 Å². The zero-order valence-electron chi connectivity index (χ0n) is 6.78. The molecule has 2 rings (SSSR count). The molecule has 1 aromatic heterocycles. The highest BCUT2D eigenvalue weighted by molar-refractivity contribution is 5.27. The molecule has 0 aliphatic carbocycles. The van der Waals surface area contributed by atoms with Crippen molar-refractivity contribution in [3.8, 4) is 0 Å². The Bertz CT molecular complexity index is 255. The van der Waals surface area contributed by atoms with Gasteiger partial charge in [0.15, 0.2) is 0 Å². The van der Waals surface area contributed by atoms with Crippen LogP contribution in [0.2, 0.25) is 0 Å². The van der Waals surface area contributed by atoms with Crippen LogP contribution < -0.4 is 5.32 Å². The molecule has 1 aliphatic rings. The van der Waals surface area contributed by atoms with Gasteiger partial charge in [-0.15, -0.1) is 0 Å². The van der Waals surface area contributed by atoms with E-state index >= 15 is 0 Å². The number of rotatable bonds is 0. The minimum Gasteiger partial charge on any atom is -0.352 e. The zero-order chi connectivity index (χ0) is 7.84. The molecular formula is C7H12N4. The molecule has 1 aromatic rings. The van der Waals surface area contributed by atoms with Gasteiger partial charge in [0.2, 0.25) is 5.95 Å². The van der Waals surface area contributed by atoms with Crippen LogP contribution in [0, 0.1) is 0 Å². The van der Waals surface area contributed by atoms with E-state index in [1.807, 2.05) is 4.68 Å². The van der Waals surface area contributed by atoms with Crippen LogP contribution in [0.15, 0.2) is 6.33 Å². The molecule has 0 fully saturated rings. The topological polar surface area (TPSA) is 42.7 Å². The Morgan fingerprint density at radius 3 is 3.27 bits per heavy atom. The van der Waals surface area contributed by atoms with Crippen LogP contribution in [0.25, 0.3) is 0 Å². The molecule has 0 spiro atoms. The lowest BCUT2D eigenvalue weighted by Gasteiger charge is -2.26. The lowest BCUT2D eigenvalue weighted by molar-refractivity contribution is 0.412. The molecule has 1 N–H and O–H groups in total. The van der Waals surface area contributed by atoms with Crippen LogP contribution in [-0.4, -0.2) is 20.8 Å². The van der Waals surface area contributed by atoms with Gasteiger partial charge in [-0.05, 0) is 20.3 Å². The zero-order valence-corrected chi connectivity index (χ0v) is 6.78. The summed E-state index contributed by atoms with van der Waals surface area (Å²) >= 11 is 0. The third kappa shape index (κ3) is 0.982. The first-order valence-corrected chi connectivity index (χ1v) is 3.93. The first-order valence-electron chi connectivity index (χ1n) is 3.93. The molecule has 11 heavy (non-hydrogen) atoms. The van der Waals surface area contributed by atoms with Gasteiger partial charge in [-0.25, -0.2) is 4.68 Å². The Labute approximate surface area is 65.6 Å². The molecule has 0 radical (unpaired) electrons. The van der Waals surface area contributed by atoms with Gasteiger partial charge in [0, 0.05) is 6.04 Å². The van der Waals surface area contributed by atoms with Gasteiger partial charge in [0.25, 0.3) is 0 Å². The Kier molecular flexibility index (Phi) is 1.34. The summed E-state index contributed by atoms with van der Waals surface area (Å²) in [7, 11) is 0. The van der Waals surface area contributed by atoms with Crippen molar-refractivity contribution in [2.45, 2.75) is 32.4 Å². The summed E-state index contributed by atoms with van der Waals surface area (Å²) in [5.41, 5.74) is 0. The molecule has 2 atom stereocenters. The fraction of sp³-hybridized carbons (Fsp3) is 0.714. The SMILES string of the molecule is CC1CC(C)n2ncnc2N1. The quantitative estimate of drug-likeness (QED) is 0.604. The molecule has 4 heteroatoms. The number of aromatic nitrogens is 3. The van der Waals surface area contributed by atoms with Gasteiger partial charge < -0.3 is 5.32 Å². The van der Waals surface area contributed by atoms with Crippen LogP contribution >= 0.6 is 0 Å². The molecule has 0 amide bonds. The maximum atomic E-state index is 4.12. The number of anilines is 1. The number of nitrogens with zero attached hydrogens (tertiary/aromatic N) is 3. The fourth-order valence-electron chi connectivity index (χ4n) is 1.57. The number of nitrogens with one attached hydrogen (secondary N) is 1. The van der Waals surface area contributed by atoms with Crippen LogP contribution in [0.3, 0.4) is 0 Å². The molecule has 1 aliphatic heterocycles. The van der Waals surface area contributed by atoms with E-state index in [1.54, 1.807) is 6.33 Å². The highest BCUT2D eigenvalue weighted by Gasteiger charge is 2.20. The summed E-state index contributed by atoms with van der Waals surface area (Å²) in [5, 5.41) is 7.37. The number of hydrogen-bond acceptors (Lipinski definition) is 3. The van der Waals surface area contributed by atoms with Gasteiger partial charge in [-0.1, -0.05) is 0 Å². The molecule has 60 valence electrons. The predicted molar refractivity (Wildman–Crippen MR) is 42.4 cm³/mol. The minimum absolute atomic E-state index is 0.476. The van der Waals surface area contributed by atoms with Crippen molar-refractivity contribution in [1.82, 2.24) is 14.8 Å². The highest BCUT2D eigenvalue weighted by atomic mass is 15.4. The van der Waals surface area contributed by atoms with Crippen molar-refractivity contribution in [3.05, 3.63) is 6.33 Å². The van der Waals surface area contributed by atoms with Crippen molar-refractivity contribution >= 4 is 5.95 Å². The molecule has 4 nitrogen and oxygen atoms in total. The smallest absolute Gasteiger partial charge is 0.221 e. The van der Waals surface area contributed by atoms with E-state index in [4.69, 9.17) is 0 Å². The standard InChI is InChI=1S/C7H12N4/c1-5-3-6(2)11-7(10-5)8-4-9-11/h4-6H,3H2,1-2H3,(H,8,9,10). The van der Waals surface area contributed by atoms with Crippen molar-refractivity contribution in [2.75, 3.05) is 5.32 Å². The lowest BCUT2D eigenvalue weighted by atomic mass is 10.1. The fourth-order valence-corrected chi connectivity index (χ4v) is 1.57. The third-order valence-corrected chi connectivity index (χ3v) is 2.06. The summed E-state index contributed by atoms with van der Waals surface area (Å²) in [5.74, 6) is 0.899. The van der Waals surface area contributed by atoms with Crippen molar-refractivity contribution < 1.29 is 0 Å². The van der Waals surface area contributed by atoms with E-state index in [-0.39, 0.29) is 0 Å². The molecular weight excluding hydrogens is 140 g/mol. The maximum absolute atomic E-state index is 4.12. The third-order valence-electron chi connectivity index (χ3n) is 2.06. The largest absolute Gasteiger partial charge is 0.352 e. The van der Waals surface area contributed by atoms with Gasteiger partial charge in [0.1, 0.15) is 6.33 Å². The van der Waals surface area contributed by atoms with Crippen LogP contribution in [-0.2, 0) is 0 Å². The van der Waals surface area contributed by atoms with E-state index < -0.39 is 0 Å². The Morgan fingerprint density at radius 1 is 1.64 bits per heavy atom. The van der Waals surface area contributed by atoms with Crippen LogP contribution in [0.4, 0.5) is 5.95 Å². The molecule has 2 unspecified atom stereocenters. The average molecular weight is 152 g/mol. The second-order valence-electron chi connectivity index (χ2n) is 3.16. The highest BCUT2D eigenvalue weighted by Crippen LogP contribution is 2.22. The molecule has 0 bridgehead atoms. The van der Waals surface area contributed by atoms with Gasteiger partial charge >= 0.3 is 0 Å². The van der Waals surface area contributed by atoms with Gasteiger partial charge in [0.05, 0.1) is 6.04 Å². The average Bonchev–Trinajstić information content (AvgIpc) is 2.34. The summed E-state index contributed by atoms with van der Waals surface area (Å²) in [6.45, 7) is 4.32. The first-order chi connectivity index (χ1) is 5.27. The summed E-state index contributed by atoms with van der Waals surface area (Å²) in [6.07, 6.45) is 2.72. The Morgan fingerprint density at radius 2 is 2.45 bits per heavy atom. The Balaban J connectivity index is 2.36. The van der Waals surface area contributed by atoms with Crippen molar-refractivity contribution in [1.29, 1.82) is 0 Å². The van der Waals surface area contributed by atoms with Crippen LogP contribution in [0.5, 0.6) is 0 Å². The van der Waals surface area contributed by atoms with E-state index in [0.717, 1.165) is 12.4 Å². The molecule has 0 saturated heterocycles. The van der Waals surface area contributed by atoms with Crippen molar-refractivity contribution in [2.24, 2.45) is 0 Å². The molecule has 2 heterocycles. The predicted octanol–water partition coefficient (Wildman–Crippen LogP) is 1.04. The van der Waals surface area contributed by atoms with Crippen molar-refractivity contribution in [3.63, 3.8) is 0 Å². The number of hydrogen-bond donors (Lipinski definition) is 1. The second kappa shape index (κ2) is 2.22. The molecule has 0 saturated carbocycles. The lowest BCUT2D eigenvalue weighted by Crippen LogP contribution is -2.29. The monoisotopic (exact) mass is 152 g/mol. The molecule has 0 aromatic carbocycles. The van der Waals surface area contributed by atoms with E-state index in [9.17, 15) is 0 Å². The van der Waals surface area contributed by atoms with E-state index in [2.05, 4.69) is 29.2 Å². The second-order valence-corrected chi connectivity index (χ2v) is 3.16. The summed E-state index contributed by atoms with van der Waals surface area (Å²) < 4.78 is 1.93. The summed E-state index contributed by atoms with van der Waals surface area (Å²) in [4.78, 5) is 4.10. The van der Waals surface area contributed by atoms with E-state index in [0.29, 0.717) is 12.1 Å².